The molecule has 5 nitrogen and oxygen atoms in total. The highest BCUT2D eigenvalue weighted by molar-refractivity contribution is 6.55. The molecule has 0 spiro atoms. The van der Waals surface area contributed by atoms with Gasteiger partial charge in [0.05, 0.1) is 16.8 Å². The van der Waals surface area contributed by atoms with Crippen LogP contribution in [0.15, 0.2) is 17.6 Å². The largest absolute Gasteiger partial charge is 0.491 e. The van der Waals surface area contributed by atoms with Gasteiger partial charge in [-0.05, 0) is 63.7 Å². The van der Waals surface area contributed by atoms with Crippen LogP contribution in [-0.2, 0) is 9.31 Å². The molecule has 6 heteroatoms. The second-order valence-electron chi connectivity index (χ2n) is 7.35. The molecule has 1 saturated heterocycles. The van der Waals surface area contributed by atoms with Crippen molar-refractivity contribution in [1.82, 2.24) is 0 Å². The van der Waals surface area contributed by atoms with Crippen molar-refractivity contribution < 1.29 is 19.2 Å². The van der Waals surface area contributed by atoms with E-state index in [0.29, 0.717) is 12.1 Å². The van der Waals surface area contributed by atoms with Crippen molar-refractivity contribution in [3.8, 4) is 0 Å². The Morgan fingerprint density at radius 2 is 1.62 bits per heavy atom. The first kappa shape index (κ1) is 18.7. The third-order valence-electron chi connectivity index (χ3n) is 4.91. The van der Waals surface area contributed by atoms with Crippen molar-refractivity contribution in [3.63, 3.8) is 0 Å². The van der Waals surface area contributed by atoms with E-state index in [9.17, 15) is 9.90 Å². The van der Waals surface area contributed by atoms with Crippen molar-refractivity contribution in [2.45, 2.75) is 52.7 Å². The molecule has 1 aromatic carbocycles. The highest BCUT2D eigenvalue weighted by Gasteiger charge is 2.52. The fourth-order valence-corrected chi connectivity index (χ4v) is 2.85. The maximum absolute atomic E-state index is 11.3. The first-order chi connectivity index (χ1) is 11.0. The SMILES string of the molecule is Cc1cc(C=C(CN)B2OC(C)(C)C(C)(C)O2)cc(C)c1C(=O)O. The molecule has 0 amide bonds. The lowest BCUT2D eigenvalue weighted by atomic mass is 9.77. The van der Waals surface area contributed by atoms with Crippen LogP contribution in [-0.4, -0.2) is 35.9 Å². The first-order valence-corrected chi connectivity index (χ1v) is 8.09. The van der Waals surface area contributed by atoms with Crippen molar-refractivity contribution in [3.05, 3.63) is 39.9 Å². The number of carboxylic acids is 1. The standard InChI is InChI=1S/C18H26BNO4/c1-11-7-13(8-12(2)15(11)16(21)22)9-14(10-20)19-23-17(3,4)18(5,6)24-19/h7-9H,10,20H2,1-6H3,(H,21,22). The molecule has 2 rings (SSSR count). The van der Waals surface area contributed by atoms with Crippen molar-refractivity contribution in [2.24, 2.45) is 5.73 Å². The van der Waals surface area contributed by atoms with E-state index in [4.69, 9.17) is 15.0 Å². The lowest BCUT2D eigenvalue weighted by Gasteiger charge is -2.32. The molecule has 0 atom stereocenters. The molecule has 24 heavy (non-hydrogen) atoms. The summed E-state index contributed by atoms with van der Waals surface area (Å²) in [5, 5.41) is 9.28. The minimum absolute atomic E-state index is 0.301. The van der Waals surface area contributed by atoms with Crippen molar-refractivity contribution >= 4 is 19.2 Å². The third kappa shape index (κ3) is 3.41. The minimum Gasteiger partial charge on any atom is -0.478 e. The van der Waals surface area contributed by atoms with Gasteiger partial charge in [-0.25, -0.2) is 4.79 Å². The molecule has 0 aliphatic carbocycles. The zero-order valence-corrected chi connectivity index (χ0v) is 15.3. The molecule has 1 aliphatic rings. The molecular formula is C18H26BNO4. The fraction of sp³-hybridized carbons (Fsp3) is 0.500. The van der Waals surface area contributed by atoms with Crippen LogP contribution in [0.2, 0.25) is 0 Å². The fourth-order valence-electron chi connectivity index (χ4n) is 2.85. The van der Waals surface area contributed by atoms with Crippen LogP contribution in [0, 0.1) is 13.8 Å². The molecule has 1 fully saturated rings. The zero-order valence-electron chi connectivity index (χ0n) is 15.3. The van der Waals surface area contributed by atoms with Gasteiger partial charge in [-0.15, -0.1) is 0 Å². The summed E-state index contributed by atoms with van der Waals surface area (Å²) in [6.45, 7) is 11.9. The highest BCUT2D eigenvalue weighted by Crippen LogP contribution is 2.38. The summed E-state index contributed by atoms with van der Waals surface area (Å²) in [5.41, 5.74) is 8.57. The molecule has 0 radical (unpaired) electrons. The summed E-state index contributed by atoms with van der Waals surface area (Å²) in [7, 11) is -0.500. The molecule has 0 saturated carbocycles. The molecule has 0 aromatic heterocycles. The van der Waals surface area contributed by atoms with E-state index >= 15 is 0 Å². The van der Waals surface area contributed by atoms with E-state index in [-0.39, 0.29) is 0 Å². The average molecular weight is 331 g/mol. The van der Waals surface area contributed by atoms with Gasteiger partial charge < -0.3 is 20.1 Å². The highest BCUT2D eigenvalue weighted by atomic mass is 16.7. The van der Waals surface area contributed by atoms with Crippen LogP contribution in [0.5, 0.6) is 0 Å². The van der Waals surface area contributed by atoms with Gasteiger partial charge >= 0.3 is 13.1 Å². The summed E-state index contributed by atoms with van der Waals surface area (Å²) < 4.78 is 12.1. The Kier molecular flexibility index (Phi) is 4.95. The van der Waals surface area contributed by atoms with Gasteiger partial charge in [0.1, 0.15) is 0 Å². The zero-order chi connectivity index (χ0) is 18.3. The van der Waals surface area contributed by atoms with E-state index in [2.05, 4.69) is 0 Å². The molecule has 0 unspecified atom stereocenters. The molecule has 130 valence electrons. The van der Waals surface area contributed by atoms with Gasteiger partial charge in [-0.2, -0.15) is 0 Å². The summed E-state index contributed by atoms with van der Waals surface area (Å²) in [5.74, 6) is -0.912. The lowest BCUT2D eigenvalue weighted by Crippen LogP contribution is -2.41. The van der Waals surface area contributed by atoms with Gasteiger partial charge in [-0.1, -0.05) is 18.2 Å². The van der Waals surface area contributed by atoms with Crippen LogP contribution < -0.4 is 5.73 Å². The number of nitrogens with two attached hydrogens (primary N) is 1. The van der Waals surface area contributed by atoms with Gasteiger partial charge in [0.25, 0.3) is 0 Å². The second kappa shape index (κ2) is 6.35. The monoisotopic (exact) mass is 331 g/mol. The number of rotatable bonds is 4. The number of hydrogen-bond donors (Lipinski definition) is 2. The van der Waals surface area contributed by atoms with E-state index in [0.717, 1.165) is 22.2 Å². The van der Waals surface area contributed by atoms with E-state index in [1.54, 1.807) is 13.8 Å². The predicted molar refractivity (Wildman–Crippen MR) is 96.0 cm³/mol. The van der Waals surface area contributed by atoms with Crippen LogP contribution in [0.3, 0.4) is 0 Å². The second-order valence-corrected chi connectivity index (χ2v) is 7.35. The Balaban J connectivity index is 2.37. The summed E-state index contributed by atoms with van der Waals surface area (Å²) in [6.07, 6.45) is 1.92. The summed E-state index contributed by atoms with van der Waals surface area (Å²) in [6, 6.07) is 3.69. The van der Waals surface area contributed by atoms with Crippen molar-refractivity contribution in [2.75, 3.05) is 6.54 Å². The average Bonchev–Trinajstić information content (AvgIpc) is 2.63. The number of carbonyl (C=O) groups is 1. The quantitative estimate of drug-likeness (QED) is 0.829. The van der Waals surface area contributed by atoms with Crippen molar-refractivity contribution in [1.29, 1.82) is 0 Å². The van der Waals surface area contributed by atoms with Crippen LogP contribution in [0.25, 0.3) is 6.08 Å². The van der Waals surface area contributed by atoms with Crippen LogP contribution in [0.1, 0.15) is 54.7 Å². The number of hydrogen-bond acceptors (Lipinski definition) is 4. The molecular weight excluding hydrogens is 305 g/mol. The summed E-state index contributed by atoms with van der Waals surface area (Å²) >= 11 is 0. The smallest absolute Gasteiger partial charge is 0.478 e. The Morgan fingerprint density at radius 3 is 2.00 bits per heavy atom. The lowest BCUT2D eigenvalue weighted by molar-refractivity contribution is 0.00578. The number of benzene rings is 1. The number of carboxylic acid groups (broad SMARTS) is 1. The Hall–Kier alpha value is -1.63. The topological polar surface area (TPSA) is 81.8 Å². The van der Waals surface area contributed by atoms with E-state index in [1.165, 1.54) is 0 Å². The van der Waals surface area contributed by atoms with Gasteiger partial charge in [-0.3, -0.25) is 0 Å². The van der Waals surface area contributed by atoms with Crippen LogP contribution in [0.4, 0.5) is 0 Å². The van der Waals surface area contributed by atoms with E-state index < -0.39 is 24.3 Å². The Bertz CT molecular complexity index is 655. The maximum atomic E-state index is 11.3. The number of aromatic carboxylic acids is 1. The molecule has 1 aliphatic heterocycles. The molecule has 0 bridgehead atoms. The van der Waals surface area contributed by atoms with Gasteiger partial charge in [0.15, 0.2) is 0 Å². The summed E-state index contributed by atoms with van der Waals surface area (Å²) in [4.78, 5) is 11.3. The first-order valence-electron chi connectivity index (χ1n) is 8.09. The Labute approximate surface area is 144 Å². The minimum atomic E-state index is -0.912. The normalized spacial score (nSPS) is 19.6. The predicted octanol–water partition coefficient (Wildman–Crippen LogP) is 2.98. The maximum Gasteiger partial charge on any atom is 0.491 e. The molecule has 3 N–H and O–H groups in total. The number of aryl methyl sites for hydroxylation is 2. The third-order valence-corrected chi connectivity index (χ3v) is 4.91. The Morgan fingerprint density at radius 1 is 1.17 bits per heavy atom. The van der Waals surface area contributed by atoms with Gasteiger partial charge in [0, 0.05) is 6.54 Å². The van der Waals surface area contributed by atoms with E-state index in [1.807, 2.05) is 45.9 Å². The molecule has 1 heterocycles. The van der Waals surface area contributed by atoms with Gasteiger partial charge in [0.2, 0.25) is 0 Å². The van der Waals surface area contributed by atoms with Crippen LogP contribution >= 0.6 is 0 Å². The molecule has 1 aromatic rings.